The largest absolute Gasteiger partial charge is 0.494 e. The fraction of sp³-hybridized carbons (Fsp3) is 0.455. The second-order valence-electron chi connectivity index (χ2n) is 7.04. The molecular weight excluding hydrogens is 360 g/mol. The summed E-state index contributed by atoms with van der Waals surface area (Å²) in [6.07, 6.45) is 0.788. The number of aliphatic hydroxyl groups excluding tert-OH is 1. The topological polar surface area (TPSA) is 35.9 Å². The van der Waals surface area contributed by atoms with Gasteiger partial charge in [-0.15, -0.1) is 0 Å². The van der Waals surface area contributed by atoms with Crippen molar-refractivity contribution < 1.29 is 9.84 Å². The first-order valence-electron chi connectivity index (χ1n) is 9.72. The minimum atomic E-state index is 0.213. The van der Waals surface area contributed by atoms with Crippen LogP contribution in [0.5, 0.6) is 5.75 Å². The zero-order valence-corrected chi connectivity index (χ0v) is 16.7. The maximum Gasteiger partial charge on any atom is 0.119 e. The van der Waals surface area contributed by atoms with E-state index in [1.807, 2.05) is 37.3 Å². The molecule has 0 bridgehead atoms. The van der Waals surface area contributed by atoms with Crippen LogP contribution >= 0.6 is 11.6 Å². The number of benzene rings is 2. The maximum atomic E-state index is 9.54. The van der Waals surface area contributed by atoms with Crippen LogP contribution in [0, 0.1) is 0 Å². The van der Waals surface area contributed by atoms with Gasteiger partial charge in [-0.25, -0.2) is 0 Å². The first kappa shape index (κ1) is 20.2. The Morgan fingerprint density at radius 2 is 1.85 bits per heavy atom. The predicted octanol–water partition coefficient (Wildman–Crippen LogP) is 3.81. The Morgan fingerprint density at radius 3 is 2.56 bits per heavy atom. The van der Waals surface area contributed by atoms with Crippen LogP contribution in [0.2, 0.25) is 5.02 Å². The van der Waals surface area contributed by atoms with E-state index < -0.39 is 0 Å². The number of rotatable bonds is 8. The van der Waals surface area contributed by atoms with Crippen molar-refractivity contribution in [2.24, 2.45) is 0 Å². The lowest BCUT2D eigenvalue weighted by Gasteiger charge is -2.41. The molecule has 0 aromatic heterocycles. The van der Waals surface area contributed by atoms with Gasteiger partial charge in [0.05, 0.1) is 6.61 Å². The van der Waals surface area contributed by atoms with Crippen molar-refractivity contribution in [1.82, 2.24) is 9.80 Å². The number of halogens is 1. The van der Waals surface area contributed by atoms with Gasteiger partial charge in [-0.1, -0.05) is 41.9 Å². The number of piperazine rings is 1. The van der Waals surface area contributed by atoms with E-state index in [1.54, 1.807) is 0 Å². The van der Waals surface area contributed by atoms with E-state index in [0.29, 0.717) is 12.6 Å². The quantitative estimate of drug-likeness (QED) is 0.746. The van der Waals surface area contributed by atoms with Crippen molar-refractivity contribution in [3.63, 3.8) is 0 Å². The van der Waals surface area contributed by atoms with E-state index >= 15 is 0 Å². The number of aliphatic hydroxyl groups is 1. The number of nitrogens with zero attached hydrogens (tertiary/aromatic N) is 2. The van der Waals surface area contributed by atoms with Crippen molar-refractivity contribution >= 4 is 11.6 Å². The Bertz CT molecular complexity index is 708. The predicted molar refractivity (Wildman–Crippen MR) is 110 cm³/mol. The van der Waals surface area contributed by atoms with Crippen molar-refractivity contribution in [2.45, 2.75) is 32.5 Å². The molecule has 1 aliphatic rings. The first-order valence-corrected chi connectivity index (χ1v) is 10.1. The summed E-state index contributed by atoms with van der Waals surface area (Å²) in [5.41, 5.74) is 2.45. The molecule has 0 spiro atoms. The Kier molecular flexibility index (Phi) is 7.53. The molecule has 2 aromatic rings. The van der Waals surface area contributed by atoms with Crippen molar-refractivity contribution in [2.75, 3.05) is 32.8 Å². The van der Waals surface area contributed by atoms with Gasteiger partial charge in [0.2, 0.25) is 0 Å². The number of hydrogen-bond acceptors (Lipinski definition) is 4. The first-order chi connectivity index (χ1) is 13.2. The highest BCUT2D eigenvalue weighted by atomic mass is 35.5. The van der Waals surface area contributed by atoms with Crippen molar-refractivity contribution in [3.8, 4) is 5.75 Å². The summed E-state index contributed by atoms with van der Waals surface area (Å²) >= 11 is 6.32. The van der Waals surface area contributed by atoms with E-state index in [9.17, 15) is 5.11 Å². The normalized spacial score (nSPS) is 18.6. The molecule has 1 saturated heterocycles. The average molecular weight is 389 g/mol. The summed E-state index contributed by atoms with van der Waals surface area (Å²) < 4.78 is 5.53. The number of hydrogen-bond donors (Lipinski definition) is 1. The molecule has 0 aliphatic carbocycles. The highest BCUT2D eigenvalue weighted by Gasteiger charge is 2.26. The third-order valence-corrected chi connectivity index (χ3v) is 5.49. The molecule has 5 heteroatoms. The highest BCUT2D eigenvalue weighted by Crippen LogP contribution is 2.22. The smallest absolute Gasteiger partial charge is 0.119 e. The Labute approximate surface area is 167 Å². The molecule has 27 heavy (non-hydrogen) atoms. The zero-order chi connectivity index (χ0) is 19.1. The van der Waals surface area contributed by atoms with Crippen LogP contribution in [0.15, 0.2) is 48.5 Å². The molecule has 3 rings (SSSR count). The molecule has 0 amide bonds. The lowest BCUT2D eigenvalue weighted by Crippen LogP contribution is -2.52. The van der Waals surface area contributed by atoms with E-state index in [2.05, 4.69) is 28.0 Å². The highest BCUT2D eigenvalue weighted by molar-refractivity contribution is 6.31. The van der Waals surface area contributed by atoms with Crippen LogP contribution in [-0.4, -0.2) is 53.8 Å². The minimum Gasteiger partial charge on any atom is -0.494 e. The lowest BCUT2D eigenvalue weighted by atomic mass is 10.1. The summed E-state index contributed by atoms with van der Waals surface area (Å²) in [5.74, 6) is 0.915. The summed E-state index contributed by atoms with van der Waals surface area (Å²) in [6.45, 7) is 7.59. The molecular formula is C22H29ClN2O2. The standard InChI is InChI=1S/C22H29ClN2O2/c1-2-27-21-9-7-18(8-10-21)15-25-13-12-24(17-20(25)11-14-26)16-19-5-3-4-6-22(19)23/h3-10,20,26H,2,11-17H2,1H3. The second kappa shape index (κ2) is 10.1. The lowest BCUT2D eigenvalue weighted by molar-refractivity contribution is 0.0500. The summed E-state index contributed by atoms with van der Waals surface area (Å²) in [4.78, 5) is 4.92. The van der Waals surface area contributed by atoms with Crippen LogP contribution in [0.1, 0.15) is 24.5 Å². The zero-order valence-electron chi connectivity index (χ0n) is 16.0. The molecule has 0 radical (unpaired) electrons. The van der Waals surface area contributed by atoms with Gasteiger partial charge < -0.3 is 9.84 Å². The SMILES string of the molecule is CCOc1ccc(CN2CCN(Cc3ccccc3Cl)CC2CCO)cc1. The van der Waals surface area contributed by atoms with Gasteiger partial charge in [0.25, 0.3) is 0 Å². The third kappa shape index (κ3) is 5.69. The van der Waals surface area contributed by atoms with Gasteiger partial charge in [0, 0.05) is 50.4 Å². The molecule has 1 fully saturated rings. The van der Waals surface area contributed by atoms with Gasteiger partial charge >= 0.3 is 0 Å². The van der Waals surface area contributed by atoms with Crippen molar-refractivity contribution in [1.29, 1.82) is 0 Å². The molecule has 1 aliphatic heterocycles. The minimum absolute atomic E-state index is 0.213. The van der Waals surface area contributed by atoms with Gasteiger partial charge in [0.15, 0.2) is 0 Å². The van der Waals surface area contributed by atoms with E-state index in [-0.39, 0.29) is 6.61 Å². The van der Waals surface area contributed by atoms with Gasteiger partial charge in [0.1, 0.15) is 5.75 Å². The molecule has 1 unspecified atom stereocenters. The third-order valence-electron chi connectivity index (χ3n) is 5.12. The van der Waals surface area contributed by atoms with Gasteiger partial charge in [-0.05, 0) is 42.7 Å². The maximum absolute atomic E-state index is 9.54. The average Bonchev–Trinajstić information content (AvgIpc) is 2.68. The second-order valence-corrected chi connectivity index (χ2v) is 7.45. The van der Waals surface area contributed by atoms with E-state index in [1.165, 1.54) is 11.1 Å². The van der Waals surface area contributed by atoms with Crippen LogP contribution < -0.4 is 4.74 Å². The van der Waals surface area contributed by atoms with Gasteiger partial charge in [-0.2, -0.15) is 0 Å². The van der Waals surface area contributed by atoms with Gasteiger partial charge in [-0.3, -0.25) is 9.80 Å². The molecule has 1 heterocycles. The monoisotopic (exact) mass is 388 g/mol. The Morgan fingerprint density at radius 1 is 1.07 bits per heavy atom. The Hall–Kier alpha value is -1.59. The van der Waals surface area contributed by atoms with E-state index in [4.69, 9.17) is 16.3 Å². The van der Waals surface area contributed by atoms with E-state index in [0.717, 1.165) is 49.9 Å². The summed E-state index contributed by atoms with van der Waals surface area (Å²) in [5, 5.41) is 10.4. The molecule has 146 valence electrons. The molecule has 2 aromatic carbocycles. The van der Waals surface area contributed by atoms with Crippen LogP contribution in [0.3, 0.4) is 0 Å². The summed E-state index contributed by atoms with van der Waals surface area (Å²) in [7, 11) is 0. The van der Waals surface area contributed by atoms with Crippen molar-refractivity contribution in [3.05, 3.63) is 64.7 Å². The Balaban J connectivity index is 1.61. The molecule has 1 N–H and O–H groups in total. The molecule has 4 nitrogen and oxygen atoms in total. The van der Waals surface area contributed by atoms with Crippen LogP contribution in [0.25, 0.3) is 0 Å². The van der Waals surface area contributed by atoms with Crippen LogP contribution in [0.4, 0.5) is 0 Å². The number of ether oxygens (including phenoxy) is 1. The molecule has 0 saturated carbocycles. The summed E-state index contributed by atoms with van der Waals surface area (Å²) in [6, 6.07) is 16.7. The fourth-order valence-corrected chi connectivity index (χ4v) is 3.89. The fourth-order valence-electron chi connectivity index (χ4n) is 3.69. The molecule has 1 atom stereocenters. The van der Waals surface area contributed by atoms with Crippen LogP contribution in [-0.2, 0) is 13.1 Å².